The second-order valence-corrected chi connectivity index (χ2v) is 6.05. The molecule has 0 heterocycles. The third-order valence-corrected chi connectivity index (χ3v) is 1.56. The molecule has 0 aromatic heterocycles. The predicted octanol–water partition coefficient (Wildman–Crippen LogP) is 2.40. The van der Waals surface area contributed by atoms with Crippen LogP contribution in [0.1, 0.15) is 41.5 Å². The molecule has 0 spiro atoms. The average Bonchev–Trinajstić information content (AvgIpc) is 1.93. The lowest BCUT2D eigenvalue weighted by molar-refractivity contribution is 0.0150. The molecule has 0 unspecified atom stereocenters. The summed E-state index contributed by atoms with van der Waals surface area (Å²) in [6.07, 6.45) is -1.91. The van der Waals surface area contributed by atoms with Crippen molar-refractivity contribution in [1.29, 1.82) is 0 Å². The van der Waals surface area contributed by atoms with E-state index in [9.17, 15) is 9.59 Å². The highest BCUT2D eigenvalue weighted by atomic mass is 32.1. The van der Waals surface area contributed by atoms with Crippen LogP contribution in [0.4, 0.5) is 9.59 Å². The van der Waals surface area contributed by atoms with Crippen molar-refractivity contribution >= 4 is 29.5 Å². The number of amides is 2. The zero-order chi connectivity index (χ0) is 14.7. The number of hydrogen-bond acceptors (Lipinski definition) is 5. The molecule has 2 N–H and O–H groups in total. The van der Waals surface area contributed by atoms with E-state index in [4.69, 9.17) is 15.2 Å². The van der Waals surface area contributed by atoms with Gasteiger partial charge in [-0.15, -0.1) is 0 Å². The van der Waals surface area contributed by atoms with Crippen molar-refractivity contribution in [3.63, 3.8) is 0 Å². The number of nitrogens with zero attached hydrogens (tertiary/aromatic N) is 1. The molecular weight excluding hydrogens is 256 g/mol. The number of imide groups is 1. The highest BCUT2D eigenvalue weighted by Gasteiger charge is 2.33. The Morgan fingerprint density at radius 2 is 1.22 bits per heavy atom. The minimum absolute atomic E-state index is 0.418. The molecule has 0 radical (unpaired) electrons. The summed E-state index contributed by atoms with van der Waals surface area (Å²) in [5.41, 5.74) is 3.81. The van der Waals surface area contributed by atoms with E-state index in [2.05, 4.69) is 12.2 Å². The zero-order valence-electron chi connectivity index (χ0n) is 11.6. The number of hydrogen-bond donors (Lipinski definition) is 1. The van der Waals surface area contributed by atoms with E-state index in [0.717, 1.165) is 0 Å². The molecular formula is C11H20N2O4S. The molecule has 2 amide bonds. The Morgan fingerprint density at radius 3 is 1.39 bits per heavy atom. The summed E-state index contributed by atoms with van der Waals surface area (Å²) in [5.74, 6) is 0. The third kappa shape index (κ3) is 6.39. The van der Waals surface area contributed by atoms with Gasteiger partial charge in [-0.3, -0.25) is 0 Å². The summed E-state index contributed by atoms with van der Waals surface area (Å²) < 4.78 is 10.0. The van der Waals surface area contributed by atoms with Crippen molar-refractivity contribution in [1.82, 2.24) is 4.90 Å². The molecule has 0 aliphatic carbocycles. The lowest BCUT2D eigenvalue weighted by Gasteiger charge is -2.27. The van der Waals surface area contributed by atoms with Gasteiger partial charge in [0.2, 0.25) is 0 Å². The number of thiocarbonyl (C=S) groups is 1. The lowest BCUT2D eigenvalue weighted by atomic mass is 10.2. The van der Waals surface area contributed by atoms with Gasteiger partial charge in [-0.2, -0.15) is 4.90 Å². The topological polar surface area (TPSA) is 81.9 Å². The van der Waals surface area contributed by atoms with Crippen molar-refractivity contribution < 1.29 is 19.1 Å². The van der Waals surface area contributed by atoms with E-state index in [0.29, 0.717) is 4.90 Å². The second-order valence-electron chi connectivity index (χ2n) is 5.63. The zero-order valence-corrected chi connectivity index (χ0v) is 12.4. The van der Waals surface area contributed by atoms with Gasteiger partial charge in [0.1, 0.15) is 11.2 Å². The molecule has 0 saturated heterocycles. The van der Waals surface area contributed by atoms with Crippen molar-refractivity contribution in [2.24, 2.45) is 5.73 Å². The first-order chi connectivity index (χ1) is 7.83. The number of rotatable bonds is 0. The van der Waals surface area contributed by atoms with Gasteiger partial charge in [-0.1, -0.05) is 0 Å². The highest BCUT2D eigenvalue weighted by Crippen LogP contribution is 2.14. The normalized spacial score (nSPS) is 11.7. The van der Waals surface area contributed by atoms with Gasteiger partial charge < -0.3 is 15.2 Å². The smallest absolute Gasteiger partial charge is 0.426 e. The summed E-state index contributed by atoms with van der Waals surface area (Å²) >= 11 is 4.65. The molecule has 0 aromatic rings. The second kappa shape index (κ2) is 5.51. The predicted molar refractivity (Wildman–Crippen MR) is 71.1 cm³/mol. The molecule has 0 aromatic carbocycles. The van der Waals surface area contributed by atoms with Gasteiger partial charge in [-0.05, 0) is 53.8 Å². The summed E-state index contributed by atoms with van der Waals surface area (Å²) in [5, 5.41) is -0.418. The number of carbonyl (C=O) groups is 2. The van der Waals surface area contributed by atoms with Crippen molar-refractivity contribution in [2.45, 2.75) is 52.7 Å². The maximum absolute atomic E-state index is 11.8. The molecule has 0 aliphatic heterocycles. The Labute approximate surface area is 112 Å². The van der Waals surface area contributed by atoms with Crippen LogP contribution in [0.5, 0.6) is 0 Å². The highest BCUT2D eigenvalue weighted by molar-refractivity contribution is 7.80. The van der Waals surface area contributed by atoms with Gasteiger partial charge in [-0.25, -0.2) is 9.59 Å². The van der Waals surface area contributed by atoms with Crippen LogP contribution < -0.4 is 5.73 Å². The minimum atomic E-state index is -0.954. The third-order valence-electron chi connectivity index (χ3n) is 1.37. The summed E-state index contributed by atoms with van der Waals surface area (Å²) in [7, 11) is 0. The van der Waals surface area contributed by atoms with Crippen LogP contribution in [0.15, 0.2) is 0 Å². The maximum atomic E-state index is 11.8. The SMILES string of the molecule is CC(C)(C)OC(=O)N(C(=O)OC(C)(C)C)C(N)=S. The van der Waals surface area contributed by atoms with Crippen LogP contribution in [0.2, 0.25) is 0 Å². The molecule has 6 nitrogen and oxygen atoms in total. The van der Waals surface area contributed by atoms with E-state index < -0.39 is 28.5 Å². The standard InChI is InChI=1S/C11H20N2O4S/c1-10(2,3)16-8(14)13(7(12)18)9(15)17-11(4,5)6/h1-6H3,(H2,12,18). The summed E-state index contributed by atoms with van der Waals surface area (Å²) in [4.78, 5) is 24.0. The fraction of sp³-hybridized carbons (Fsp3) is 0.727. The van der Waals surface area contributed by atoms with Gasteiger partial charge >= 0.3 is 12.2 Å². The number of ether oxygens (including phenoxy) is 2. The van der Waals surface area contributed by atoms with E-state index in [1.807, 2.05) is 0 Å². The Balaban J connectivity index is 4.93. The maximum Gasteiger partial charge on any atom is 0.426 e. The summed E-state index contributed by atoms with van der Waals surface area (Å²) in [6, 6.07) is 0. The van der Waals surface area contributed by atoms with Crippen LogP contribution in [-0.4, -0.2) is 33.4 Å². The van der Waals surface area contributed by atoms with Crippen LogP contribution in [0, 0.1) is 0 Å². The Kier molecular flexibility index (Phi) is 5.09. The van der Waals surface area contributed by atoms with E-state index >= 15 is 0 Å². The fourth-order valence-electron chi connectivity index (χ4n) is 0.870. The van der Waals surface area contributed by atoms with Crippen LogP contribution in [0.3, 0.4) is 0 Å². The Bertz CT molecular complexity index is 327. The molecule has 18 heavy (non-hydrogen) atoms. The first-order valence-electron chi connectivity index (χ1n) is 5.39. The lowest BCUT2D eigenvalue weighted by Crippen LogP contribution is -2.49. The quantitative estimate of drug-likeness (QED) is 0.684. The summed E-state index contributed by atoms with van der Waals surface area (Å²) in [6.45, 7) is 9.99. The molecule has 0 rings (SSSR count). The average molecular weight is 276 g/mol. The van der Waals surface area contributed by atoms with Crippen molar-refractivity contribution in [3.8, 4) is 0 Å². The van der Waals surface area contributed by atoms with E-state index in [-0.39, 0.29) is 0 Å². The van der Waals surface area contributed by atoms with Gasteiger partial charge in [0.25, 0.3) is 0 Å². The molecule has 0 bridgehead atoms. The van der Waals surface area contributed by atoms with Crippen LogP contribution in [0.25, 0.3) is 0 Å². The molecule has 7 heteroatoms. The van der Waals surface area contributed by atoms with E-state index in [1.54, 1.807) is 41.5 Å². The molecule has 0 fully saturated rings. The van der Waals surface area contributed by atoms with Crippen LogP contribution >= 0.6 is 12.2 Å². The Morgan fingerprint density at radius 1 is 0.944 bits per heavy atom. The monoisotopic (exact) mass is 276 g/mol. The molecule has 0 aliphatic rings. The van der Waals surface area contributed by atoms with Gasteiger partial charge in [0.15, 0.2) is 5.11 Å². The first kappa shape index (κ1) is 16.6. The molecule has 104 valence electrons. The largest absolute Gasteiger partial charge is 0.443 e. The molecule has 0 atom stereocenters. The van der Waals surface area contributed by atoms with Crippen molar-refractivity contribution in [3.05, 3.63) is 0 Å². The Hall–Kier alpha value is -1.37. The van der Waals surface area contributed by atoms with Gasteiger partial charge in [0, 0.05) is 0 Å². The van der Waals surface area contributed by atoms with Crippen molar-refractivity contribution in [2.75, 3.05) is 0 Å². The first-order valence-corrected chi connectivity index (χ1v) is 5.80. The molecule has 0 saturated carbocycles. The number of carbonyl (C=O) groups excluding carboxylic acids is 2. The minimum Gasteiger partial charge on any atom is -0.443 e. The fourth-order valence-corrected chi connectivity index (χ4v) is 1.02. The number of nitrogens with two attached hydrogens (primary N) is 1. The van der Waals surface area contributed by atoms with E-state index in [1.165, 1.54) is 0 Å². The van der Waals surface area contributed by atoms with Crippen LogP contribution in [-0.2, 0) is 9.47 Å². The van der Waals surface area contributed by atoms with Gasteiger partial charge in [0.05, 0.1) is 0 Å².